The van der Waals surface area contributed by atoms with Crippen LogP contribution < -0.4 is 16.0 Å². The zero-order valence-electron chi connectivity index (χ0n) is 14.1. The van der Waals surface area contributed by atoms with Crippen molar-refractivity contribution >= 4 is 41.6 Å². The molecule has 0 spiro atoms. The van der Waals surface area contributed by atoms with E-state index in [4.69, 9.17) is 11.6 Å². The van der Waals surface area contributed by atoms with Crippen LogP contribution in [0.15, 0.2) is 18.2 Å². The Balaban J connectivity index is 0.00000288. The number of nitrogens with zero attached hydrogens (tertiary/aromatic N) is 1. The second-order valence-corrected chi connectivity index (χ2v) is 6.97. The van der Waals surface area contributed by atoms with E-state index in [1.807, 2.05) is 20.8 Å². The van der Waals surface area contributed by atoms with Crippen molar-refractivity contribution in [3.05, 3.63) is 28.8 Å². The number of anilines is 1. The molecule has 0 radical (unpaired) electrons. The van der Waals surface area contributed by atoms with Crippen LogP contribution in [0.5, 0.6) is 0 Å². The molecule has 3 N–H and O–H groups in total. The van der Waals surface area contributed by atoms with Crippen molar-refractivity contribution in [3.63, 3.8) is 0 Å². The van der Waals surface area contributed by atoms with Crippen LogP contribution in [-0.4, -0.2) is 48.6 Å². The standard InChI is InChI=1S/C16H23ClN4O2.ClH/c1-16(2,3)20-15(23)19-11-4-5-13(17)12(10-11)14(22)21-8-6-18-7-9-21;/h4-5,10,18H,6-9H2,1-3H3,(H2,19,20,23);1H. The van der Waals surface area contributed by atoms with Gasteiger partial charge in [0.2, 0.25) is 0 Å². The number of carbonyl (C=O) groups excluding carboxylic acids is 2. The number of benzene rings is 1. The molecule has 8 heteroatoms. The fraction of sp³-hybridized carbons (Fsp3) is 0.500. The third-order valence-electron chi connectivity index (χ3n) is 3.35. The second kappa shape index (κ2) is 8.55. The summed E-state index contributed by atoms with van der Waals surface area (Å²) in [6, 6.07) is 4.61. The predicted octanol–water partition coefficient (Wildman–Crippen LogP) is 2.73. The molecule has 1 saturated heterocycles. The largest absolute Gasteiger partial charge is 0.336 e. The monoisotopic (exact) mass is 374 g/mol. The minimum atomic E-state index is -0.337. The minimum Gasteiger partial charge on any atom is -0.336 e. The van der Waals surface area contributed by atoms with E-state index in [0.717, 1.165) is 13.1 Å². The Morgan fingerprint density at radius 3 is 2.42 bits per heavy atom. The van der Waals surface area contributed by atoms with Gasteiger partial charge in [0.1, 0.15) is 0 Å². The molecule has 0 unspecified atom stereocenters. The van der Waals surface area contributed by atoms with Crippen molar-refractivity contribution in [1.82, 2.24) is 15.5 Å². The topological polar surface area (TPSA) is 73.5 Å². The molecule has 1 aromatic rings. The summed E-state index contributed by atoms with van der Waals surface area (Å²) in [5.41, 5.74) is 0.604. The van der Waals surface area contributed by atoms with E-state index in [0.29, 0.717) is 29.4 Å². The average molecular weight is 375 g/mol. The summed E-state index contributed by atoms with van der Waals surface area (Å²) in [4.78, 5) is 26.3. The summed E-state index contributed by atoms with van der Waals surface area (Å²) < 4.78 is 0. The van der Waals surface area contributed by atoms with Crippen molar-refractivity contribution in [2.45, 2.75) is 26.3 Å². The van der Waals surface area contributed by atoms with Gasteiger partial charge in [0.05, 0.1) is 10.6 Å². The molecule has 1 aliphatic heterocycles. The van der Waals surface area contributed by atoms with Gasteiger partial charge in [0, 0.05) is 37.4 Å². The Morgan fingerprint density at radius 1 is 1.21 bits per heavy atom. The SMILES string of the molecule is CC(C)(C)NC(=O)Nc1ccc(Cl)c(C(=O)N2CCNCC2)c1.Cl. The summed E-state index contributed by atoms with van der Waals surface area (Å²) in [7, 11) is 0. The number of urea groups is 1. The summed E-state index contributed by atoms with van der Waals surface area (Å²) in [6.45, 7) is 8.54. The van der Waals surface area contributed by atoms with Crippen molar-refractivity contribution in [2.24, 2.45) is 0 Å². The van der Waals surface area contributed by atoms with Crippen molar-refractivity contribution in [2.75, 3.05) is 31.5 Å². The summed E-state index contributed by atoms with van der Waals surface area (Å²) in [5.74, 6) is -0.114. The molecule has 1 aliphatic rings. The number of nitrogens with one attached hydrogen (secondary N) is 3. The molecular formula is C16H24Cl2N4O2. The van der Waals surface area contributed by atoms with Crippen LogP contribution in [0.25, 0.3) is 0 Å². The van der Waals surface area contributed by atoms with Gasteiger partial charge in [0.25, 0.3) is 5.91 Å². The van der Waals surface area contributed by atoms with Crippen molar-refractivity contribution in [1.29, 1.82) is 0 Å². The Labute approximate surface area is 153 Å². The fourth-order valence-electron chi connectivity index (χ4n) is 2.31. The minimum absolute atomic E-state index is 0. The lowest BCUT2D eigenvalue weighted by Gasteiger charge is -2.28. The van der Waals surface area contributed by atoms with Crippen molar-refractivity contribution < 1.29 is 9.59 Å². The average Bonchev–Trinajstić information content (AvgIpc) is 2.47. The van der Waals surface area contributed by atoms with Crippen molar-refractivity contribution in [3.8, 4) is 0 Å². The normalized spacial score (nSPS) is 14.6. The van der Waals surface area contributed by atoms with E-state index in [9.17, 15) is 9.59 Å². The molecule has 0 bridgehead atoms. The lowest BCUT2D eigenvalue weighted by Crippen LogP contribution is -2.46. The van der Waals surface area contributed by atoms with Gasteiger partial charge in [-0.2, -0.15) is 0 Å². The zero-order chi connectivity index (χ0) is 17.0. The molecule has 0 saturated carbocycles. The van der Waals surface area contributed by atoms with E-state index in [2.05, 4.69) is 16.0 Å². The van der Waals surface area contributed by atoms with E-state index >= 15 is 0 Å². The van der Waals surface area contributed by atoms with E-state index in [-0.39, 0.29) is 29.9 Å². The van der Waals surface area contributed by atoms with Gasteiger partial charge in [0.15, 0.2) is 0 Å². The molecule has 134 valence electrons. The lowest BCUT2D eigenvalue weighted by molar-refractivity contribution is 0.0736. The first-order valence-corrected chi connectivity index (χ1v) is 8.03. The number of piperazine rings is 1. The molecule has 6 nitrogen and oxygen atoms in total. The quantitative estimate of drug-likeness (QED) is 0.744. The highest BCUT2D eigenvalue weighted by Crippen LogP contribution is 2.22. The first kappa shape index (κ1) is 20.5. The van der Waals surface area contributed by atoms with E-state index in [1.165, 1.54) is 0 Å². The predicted molar refractivity (Wildman–Crippen MR) is 99.4 cm³/mol. The first-order chi connectivity index (χ1) is 10.8. The maximum absolute atomic E-state index is 12.6. The molecule has 1 aromatic carbocycles. The number of hydrogen-bond donors (Lipinski definition) is 3. The van der Waals surface area contributed by atoms with Crippen LogP contribution in [0.2, 0.25) is 5.02 Å². The Morgan fingerprint density at radius 2 is 1.83 bits per heavy atom. The number of amides is 3. The molecule has 0 atom stereocenters. The summed E-state index contributed by atoms with van der Waals surface area (Å²) in [5, 5.41) is 9.13. The third-order valence-corrected chi connectivity index (χ3v) is 3.68. The van der Waals surface area contributed by atoms with Gasteiger partial charge in [-0.1, -0.05) is 11.6 Å². The van der Waals surface area contributed by atoms with Crippen LogP contribution in [-0.2, 0) is 0 Å². The molecule has 1 heterocycles. The smallest absolute Gasteiger partial charge is 0.319 e. The van der Waals surface area contributed by atoms with E-state index < -0.39 is 0 Å². The highest BCUT2D eigenvalue weighted by molar-refractivity contribution is 6.34. The Kier molecular flexibility index (Phi) is 7.32. The first-order valence-electron chi connectivity index (χ1n) is 7.65. The zero-order valence-corrected chi connectivity index (χ0v) is 15.7. The number of hydrogen-bond acceptors (Lipinski definition) is 3. The van der Waals surface area contributed by atoms with Gasteiger partial charge < -0.3 is 20.9 Å². The molecule has 3 amide bonds. The van der Waals surface area contributed by atoms with Gasteiger partial charge in [-0.3, -0.25) is 4.79 Å². The molecule has 2 rings (SSSR count). The van der Waals surface area contributed by atoms with Gasteiger partial charge in [-0.15, -0.1) is 12.4 Å². The van der Waals surface area contributed by atoms with E-state index in [1.54, 1.807) is 23.1 Å². The lowest BCUT2D eigenvalue weighted by atomic mass is 10.1. The fourth-order valence-corrected chi connectivity index (χ4v) is 2.51. The number of carbonyl (C=O) groups is 2. The number of rotatable bonds is 2. The second-order valence-electron chi connectivity index (χ2n) is 6.57. The van der Waals surface area contributed by atoms with Crippen LogP contribution in [0.3, 0.4) is 0 Å². The molecule has 0 aromatic heterocycles. The van der Waals surface area contributed by atoms with Gasteiger partial charge in [-0.05, 0) is 39.0 Å². The molecule has 0 aliphatic carbocycles. The summed E-state index contributed by atoms with van der Waals surface area (Å²) in [6.07, 6.45) is 0. The maximum Gasteiger partial charge on any atom is 0.319 e. The third kappa shape index (κ3) is 5.85. The summed E-state index contributed by atoms with van der Waals surface area (Å²) >= 11 is 6.16. The number of halogens is 2. The van der Waals surface area contributed by atoms with Crippen LogP contribution in [0.4, 0.5) is 10.5 Å². The van der Waals surface area contributed by atoms with Gasteiger partial charge in [-0.25, -0.2) is 4.79 Å². The Bertz CT molecular complexity index is 596. The van der Waals surface area contributed by atoms with Crippen LogP contribution in [0, 0.1) is 0 Å². The molecule has 1 fully saturated rings. The Hall–Kier alpha value is -1.50. The van der Waals surface area contributed by atoms with Crippen LogP contribution in [0.1, 0.15) is 31.1 Å². The van der Waals surface area contributed by atoms with Gasteiger partial charge >= 0.3 is 6.03 Å². The highest BCUT2D eigenvalue weighted by atomic mass is 35.5. The molecule has 24 heavy (non-hydrogen) atoms. The maximum atomic E-state index is 12.6. The van der Waals surface area contributed by atoms with Crippen LogP contribution >= 0.6 is 24.0 Å². The molecular weight excluding hydrogens is 351 g/mol. The highest BCUT2D eigenvalue weighted by Gasteiger charge is 2.21.